The van der Waals surface area contributed by atoms with E-state index in [1.165, 1.54) is 44.9 Å². The van der Waals surface area contributed by atoms with Gasteiger partial charge in [-0.15, -0.1) is 0 Å². The zero-order valence-corrected chi connectivity index (χ0v) is 17.6. The van der Waals surface area contributed by atoms with Crippen LogP contribution < -0.4 is 5.43 Å². The Bertz CT molecular complexity index is 673. The molecule has 2 aliphatic rings. The van der Waals surface area contributed by atoms with Crippen LogP contribution in [0.5, 0.6) is 0 Å². The minimum atomic E-state index is -0.304. The first-order valence-corrected chi connectivity index (χ1v) is 11.4. The molecule has 0 aromatic heterocycles. The molecule has 1 aliphatic heterocycles. The number of nitrogens with one attached hydrogen (secondary N) is 1. The summed E-state index contributed by atoms with van der Waals surface area (Å²) in [7, 11) is 0. The van der Waals surface area contributed by atoms with Gasteiger partial charge in [-0.05, 0) is 31.2 Å². The Morgan fingerprint density at radius 1 is 0.931 bits per heavy atom. The molecule has 1 aliphatic carbocycles. The van der Waals surface area contributed by atoms with Gasteiger partial charge in [0.05, 0.1) is 5.92 Å². The number of carbonyl (C=O) groups is 2. The molecule has 0 bridgehead atoms. The van der Waals surface area contributed by atoms with Crippen LogP contribution in [0.15, 0.2) is 35.4 Å². The number of hydrogen-bond donors (Lipinski definition) is 1. The summed E-state index contributed by atoms with van der Waals surface area (Å²) in [6.45, 7) is 1.04. The number of amides is 2. The van der Waals surface area contributed by atoms with Crippen molar-refractivity contribution in [1.29, 1.82) is 0 Å². The summed E-state index contributed by atoms with van der Waals surface area (Å²) in [4.78, 5) is 26.7. The van der Waals surface area contributed by atoms with E-state index < -0.39 is 0 Å². The lowest BCUT2D eigenvalue weighted by Gasteiger charge is -2.16. The Kier molecular flexibility index (Phi) is 8.72. The first kappa shape index (κ1) is 21.5. The van der Waals surface area contributed by atoms with E-state index in [4.69, 9.17) is 0 Å². The third kappa shape index (κ3) is 7.30. The molecule has 1 aromatic rings. The van der Waals surface area contributed by atoms with Crippen molar-refractivity contribution in [3.05, 3.63) is 35.9 Å². The van der Waals surface area contributed by atoms with E-state index in [0.29, 0.717) is 13.1 Å². The Morgan fingerprint density at radius 3 is 2.14 bits per heavy atom. The van der Waals surface area contributed by atoms with Gasteiger partial charge in [0.2, 0.25) is 11.8 Å². The Hall–Kier alpha value is -2.17. The molecule has 1 heterocycles. The molecule has 0 spiro atoms. The van der Waals surface area contributed by atoms with E-state index >= 15 is 0 Å². The second kappa shape index (κ2) is 11.7. The summed E-state index contributed by atoms with van der Waals surface area (Å²) in [6, 6.07) is 9.93. The molecule has 1 N–H and O–H groups in total. The molecule has 1 aromatic carbocycles. The lowest BCUT2D eigenvalue weighted by molar-refractivity contribution is -0.129. The highest BCUT2D eigenvalue weighted by Crippen LogP contribution is 2.21. The third-order valence-corrected chi connectivity index (χ3v) is 6.06. The van der Waals surface area contributed by atoms with Crippen LogP contribution in [-0.4, -0.2) is 29.0 Å². The van der Waals surface area contributed by atoms with E-state index in [1.807, 2.05) is 30.3 Å². The van der Waals surface area contributed by atoms with Gasteiger partial charge in [0.15, 0.2) is 0 Å². The van der Waals surface area contributed by atoms with Gasteiger partial charge in [-0.1, -0.05) is 75.3 Å². The first-order chi connectivity index (χ1) is 14.2. The SMILES string of the molecule is O=C(NN=C1CCCCCCCCCCC1)C1CC(=O)N(Cc2ccccc2)C1. The number of benzene rings is 1. The van der Waals surface area contributed by atoms with Crippen molar-refractivity contribution in [1.82, 2.24) is 10.3 Å². The summed E-state index contributed by atoms with van der Waals surface area (Å²) in [6.07, 6.45) is 13.7. The van der Waals surface area contributed by atoms with E-state index in [2.05, 4.69) is 10.5 Å². The number of carbonyl (C=O) groups excluding carboxylic acids is 2. The predicted octanol–water partition coefficient (Wildman–Crippen LogP) is 4.81. The van der Waals surface area contributed by atoms with Crippen LogP contribution in [0.3, 0.4) is 0 Å². The zero-order chi connectivity index (χ0) is 20.3. The maximum absolute atomic E-state index is 12.6. The Labute approximate surface area is 174 Å². The smallest absolute Gasteiger partial charge is 0.245 e. The fourth-order valence-corrected chi connectivity index (χ4v) is 4.26. The summed E-state index contributed by atoms with van der Waals surface area (Å²) in [5.41, 5.74) is 4.99. The fraction of sp³-hybridized carbons (Fsp3) is 0.625. The standard InChI is InChI=1S/C24H35N3O2/c28-23-17-21(19-27(23)18-20-13-9-8-10-14-20)24(29)26-25-22-15-11-6-4-2-1-3-5-7-12-16-22/h8-10,13-14,21H,1-7,11-12,15-19H2,(H,26,29). The Morgan fingerprint density at radius 2 is 1.52 bits per heavy atom. The molecule has 5 heteroatoms. The highest BCUT2D eigenvalue weighted by Gasteiger charge is 2.34. The van der Waals surface area contributed by atoms with E-state index in [-0.39, 0.29) is 24.2 Å². The Balaban J connectivity index is 1.49. The molecule has 1 saturated heterocycles. The number of likely N-dealkylation sites (tertiary alicyclic amines) is 1. The van der Waals surface area contributed by atoms with Crippen molar-refractivity contribution in [2.75, 3.05) is 6.54 Å². The molecule has 1 unspecified atom stereocenters. The van der Waals surface area contributed by atoms with Crippen molar-refractivity contribution in [3.8, 4) is 0 Å². The molecule has 1 saturated carbocycles. The van der Waals surface area contributed by atoms with Gasteiger partial charge in [-0.2, -0.15) is 5.10 Å². The van der Waals surface area contributed by atoms with Gasteiger partial charge in [0, 0.05) is 25.2 Å². The van der Waals surface area contributed by atoms with Crippen LogP contribution in [-0.2, 0) is 16.1 Å². The maximum atomic E-state index is 12.6. The lowest BCUT2D eigenvalue weighted by Crippen LogP contribution is -2.30. The highest BCUT2D eigenvalue weighted by molar-refractivity contribution is 5.91. The average molecular weight is 398 g/mol. The predicted molar refractivity (Wildman–Crippen MR) is 116 cm³/mol. The summed E-state index contributed by atoms with van der Waals surface area (Å²) < 4.78 is 0. The summed E-state index contributed by atoms with van der Waals surface area (Å²) in [5, 5.41) is 4.48. The van der Waals surface area contributed by atoms with Crippen LogP contribution in [0, 0.1) is 5.92 Å². The van der Waals surface area contributed by atoms with Crippen molar-refractivity contribution in [2.24, 2.45) is 11.0 Å². The van der Waals surface area contributed by atoms with E-state index in [0.717, 1.165) is 37.0 Å². The first-order valence-electron chi connectivity index (χ1n) is 11.4. The molecule has 158 valence electrons. The molecular formula is C24H35N3O2. The topological polar surface area (TPSA) is 61.8 Å². The van der Waals surface area contributed by atoms with Crippen LogP contribution in [0.2, 0.25) is 0 Å². The van der Waals surface area contributed by atoms with Crippen molar-refractivity contribution in [3.63, 3.8) is 0 Å². The molecule has 29 heavy (non-hydrogen) atoms. The van der Waals surface area contributed by atoms with Gasteiger partial charge in [-0.3, -0.25) is 9.59 Å². The normalized spacial score (nSPS) is 21.9. The average Bonchev–Trinajstić information content (AvgIpc) is 3.08. The summed E-state index contributed by atoms with van der Waals surface area (Å²) in [5.74, 6) is -0.373. The monoisotopic (exact) mass is 397 g/mol. The quantitative estimate of drug-likeness (QED) is 0.741. The van der Waals surface area contributed by atoms with Crippen molar-refractivity contribution < 1.29 is 9.59 Å². The van der Waals surface area contributed by atoms with E-state index in [9.17, 15) is 9.59 Å². The zero-order valence-electron chi connectivity index (χ0n) is 17.6. The van der Waals surface area contributed by atoms with Crippen LogP contribution >= 0.6 is 0 Å². The second-order valence-electron chi connectivity index (χ2n) is 8.50. The van der Waals surface area contributed by atoms with Gasteiger partial charge >= 0.3 is 0 Å². The molecule has 1 atom stereocenters. The second-order valence-corrected chi connectivity index (χ2v) is 8.50. The highest BCUT2D eigenvalue weighted by atomic mass is 16.2. The molecule has 2 amide bonds. The number of hydrogen-bond acceptors (Lipinski definition) is 3. The van der Waals surface area contributed by atoms with Crippen LogP contribution in [0.4, 0.5) is 0 Å². The van der Waals surface area contributed by atoms with Gasteiger partial charge in [0.1, 0.15) is 0 Å². The fourth-order valence-electron chi connectivity index (χ4n) is 4.26. The number of hydrazone groups is 1. The molecule has 2 fully saturated rings. The minimum Gasteiger partial charge on any atom is -0.338 e. The maximum Gasteiger partial charge on any atom is 0.245 e. The third-order valence-electron chi connectivity index (χ3n) is 6.06. The number of nitrogens with zero attached hydrogens (tertiary/aromatic N) is 2. The van der Waals surface area contributed by atoms with Crippen LogP contribution in [0.25, 0.3) is 0 Å². The van der Waals surface area contributed by atoms with Gasteiger partial charge in [-0.25, -0.2) is 5.43 Å². The minimum absolute atomic E-state index is 0.0488. The summed E-state index contributed by atoms with van der Waals surface area (Å²) >= 11 is 0. The van der Waals surface area contributed by atoms with Gasteiger partial charge < -0.3 is 4.90 Å². The van der Waals surface area contributed by atoms with Gasteiger partial charge in [0.25, 0.3) is 0 Å². The van der Waals surface area contributed by atoms with Crippen molar-refractivity contribution in [2.45, 2.75) is 83.6 Å². The molecule has 3 rings (SSSR count). The molecule has 5 nitrogen and oxygen atoms in total. The lowest BCUT2D eigenvalue weighted by atomic mass is 10.00. The molecule has 0 radical (unpaired) electrons. The van der Waals surface area contributed by atoms with E-state index in [1.54, 1.807) is 4.90 Å². The largest absolute Gasteiger partial charge is 0.338 e. The number of rotatable bonds is 4. The van der Waals surface area contributed by atoms with Crippen molar-refractivity contribution >= 4 is 17.5 Å². The van der Waals surface area contributed by atoms with Crippen LogP contribution in [0.1, 0.15) is 82.6 Å². The molecular weight excluding hydrogens is 362 g/mol.